The van der Waals surface area contributed by atoms with Crippen LogP contribution >= 0.6 is 0 Å². The van der Waals surface area contributed by atoms with Crippen LogP contribution in [0.5, 0.6) is 57.5 Å². The van der Waals surface area contributed by atoms with E-state index < -0.39 is 0 Å². The van der Waals surface area contributed by atoms with Crippen molar-refractivity contribution in [2.75, 3.05) is 46.5 Å². The minimum absolute atomic E-state index is 0.0335. The molecule has 0 unspecified atom stereocenters. The number of nitrogens with one attached hydrogen (secondary N) is 1. The molecule has 0 fully saturated rings. The Morgan fingerprint density at radius 2 is 0.595 bits per heavy atom. The number of hydrogen-bond donors (Lipinski definition) is 1. The molecule has 0 aliphatic carbocycles. The van der Waals surface area contributed by atoms with Crippen LogP contribution in [0.1, 0.15) is 88.9 Å². The van der Waals surface area contributed by atoms with Gasteiger partial charge in [0.2, 0.25) is 5.91 Å². The van der Waals surface area contributed by atoms with Gasteiger partial charge >= 0.3 is 0 Å². The van der Waals surface area contributed by atoms with Gasteiger partial charge < -0.3 is 47.9 Å². The smallest absolute Gasteiger partial charge is 0.221 e. The van der Waals surface area contributed by atoms with Crippen LogP contribution in [0.25, 0.3) is 11.1 Å². The summed E-state index contributed by atoms with van der Waals surface area (Å²) in [5.74, 6) is 8.76. The van der Waals surface area contributed by atoms with Crippen molar-refractivity contribution in [2.24, 2.45) is 0 Å². The number of para-hydroxylation sites is 1. The lowest BCUT2D eigenvalue weighted by Gasteiger charge is -2.08. The molecule has 111 heavy (non-hydrogen) atoms. The van der Waals surface area contributed by atoms with E-state index in [9.17, 15) is 4.79 Å². The maximum absolute atomic E-state index is 10.6. The lowest BCUT2D eigenvalue weighted by molar-refractivity contribution is -0.114. The van der Waals surface area contributed by atoms with E-state index in [2.05, 4.69) is 144 Å². The van der Waals surface area contributed by atoms with Crippen LogP contribution in [0.3, 0.4) is 0 Å². The quantitative estimate of drug-likeness (QED) is 0.0840. The van der Waals surface area contributed by atoms with Crippen molar-refractivity contribution in [1.29, 1.82) is 0 Å². The monoisotopic (exact) mass is 1490 g/mol. The highest BCUT2D eigenvalue weighted by Gasteiger charge is 2.04. The van der Waals surface area contributed by atoms with E-state index in [0.29, 0.717) is 19.8 Å². The van der Waals surface area contributed by atoms with Gasteiger partial charge in [-0.1, -0.05) is 240 Å². The normalized spacial score (nSPS) is 9.66. The van der Waals surface area contributed by atoms with Gasteiger partial charge in [0.15, 0.2) is 11.5 Å². The molecule has 0 aliphatic rings. The van der Waals surface area contributed by atoms with Gasteiger partial charge in [-0.2, -0.15) is 0 Å². The van der Waals surface area contributed by atoms with Crippen LogP contribution in [-0.2, 0) is 18.0 Å². The van der Waals surface area contributed by atoms with E-state index in [4.69, 9.17) is 42.6 Å². The topological polar surface area (TPSA) is 112 Å². The Morgan fingerprint density at radius 3 is 1.02 bits per heavy atom. The van der Waals surface area contributed by atoms with Crippen molar-refractivity contribution in [1.82, 2.24) is 0 Å². The van der Waals surface area contributed by atoms with Gasteiger partial charge in [-0.15, -0.1) is 0 Å². The second kappa shape index (κ2) is 52.5. The molecule has 0 atom stereocenters. The van der Waals surface area contributed by atoms with Crippen LogP contribution in [0.2, 0.25) is 0 Å². The molecule has 578 valence electrons. The lowest BCUT2D eigenvalue weighted by Crippen LogP contribution is -2.05. The van der Waals surface area contributed by atoms with Crippen molar-refractivity contribution < 1.29 is 47.4 Å². The molecule has 11 heteroatoms. The number of benzene rings is 13. The average Bonchev–Trinajstić information content (AvgIpc) is 0.930. The third kappa shape index (κ3) is 38.8. The molecule has 0 saturated heterocycles. The summed E-state index contributed by atoms with van der Waals surface area (Å²) in [6.07, 6.45) is 0. The van der Waals surface area contributed by atoms with Crippen LogP contribution in [0.4, 0.5) is 5.69 Å². The summed E-state index contributed by atoms with van der Waals surface area (Å²) in [6, 6.07) is 109. The zero-order valence-electron chi connectivity index (χ0n) is 67.8. The van der Waals surface area contributed by atoms with Crippen LogP contribution in [-0.4, -0.2) is 47.1 Å². The second-order valence-electron chi connectivity index (χ2n) is 25.7. The molecule has 0 spiro atoms. The van der Waals surface area contributed by atoms with Crippen LogP contribution in [0.15, 0.2) is 328 Å². The number of carbonyl (C=O) groups is 1. The molecular formula is C100H113NO10. The highest BCUT2D eigenvalue weighted by molar-refractivity contribution is 5.88. The number of amides is 1. The third-order valence-corrected chi connectivity index (χ3v) is 15.8. The number of rotatable bonds is 19. The molecule has 1 amide bonds. The third-order valence-electron chi connectivity index (χ3n) is 15.8. The zero-order chi connectivity index (χ0) is 80.2. The first kappa shape index (κ1) is 89.2. The van der Waals surface area contributed by atoms with E-state index >= 15 is 0 Å². The second-order valence-corrected chi connectivity index (χ2v) is 25.7. The largest absolute Gasteiger partial charge is 0.497 e. The Bertz CT molecular complexity index is 4570. The summed E-state index contributed by atoms with van der Waals surface area (Å²) < 4.78 is 48.1. The van der Waals surface area contributed by atoms with Gasteiger partial charge in [0.1, 0.15) is 59.2 Å². The van der Waals surface area contributed by atoms with Gasteiger partial charge in [-0.05, 0) is 237 Å². The number of anilines is 1. The summed E-state index contributed by atoms with van der Waals surface area (Å²) in [5.41, 5.74) is 16.8. The average molecular weight is 1490 g/mol. The molecule has 0 aromatic heterocycles. The van der Waals surface area contributed by atoms with Gasteiger partial charge in [0.25, 0.3) is 0 Å². The van der Waals surface area contributed by atoms with Crippen molar-refractivity contribution in [2.45, 2.75) is 103 Å². The molecule has 11 nitrogen and oxygen atoms in total. The maximum atomic E-state index is 10.6. The number of hydrogen-bond acceptors (Lipinski definition) is 10. The van der Waals surface area contributed by atoms with Crippen molar-refractivity contribution in [3.05, 3.63) is 389 Å². The molecule has 0 bridgehead atoms. The van der Waals surface area contributed by atoms with Crippen LogP contribution < -0.4 is 47.9 Å². The maximum Gasteiger partial charge on any atom is 0.221 e. The predicted octanol–water partition coefficient (Wildman–Crippen LogP) is 25.8. The van der Waals surface area contributed by atoms with Crippen molar-refractivity contribution in [3.63, 3.8) is 0 Å². The number of methoxy groups -OCH3 is 3. The number of carbonyl (C=O) groups excluding carboxylic acids is 1. The van der Waals surface area contributed by atoms with E-state index in [1.165, 1.54) is 73.7 Å². The molecule has 13 aromatic rings. The standard InChI is InChI=1S/2C14H14O.C13H12O.C13H12.C10H14O2.C9H11NO.C9H12O2.2C9H12O/c1-12-6-5-9-14(10-12)15-11-13-7-3-2-4-8-13;1-12-7-9-14(10-8-12)15-11-13-5-3-2-4-6-13;1-11-7-9-13(10-8-11)14-12-5-3-2-4-6-12;1-11-7-9-13(10-8-11)12-5-3-2-4-6-12;1-4-12-9-6-5-8(2)7-10(9)11-3;1-7-3-5-9(6-4-7)10-8(2)11;1-7-4-8(10-2)6-9(5-7)11-3;1-3-10-9-6-4-8(2)5-7-9;1-3-10-9-6-4-5-8(2)7-9/h2*2-10H,11H2,1H3;2-10H,1H3;2-10H,1H3;5-7H,4H2,1-3H3;3-6H,1-2H3,(H,10,11);4-6H,1-3H3;2*4-7H,3H2,1-2H3. The van der Waals surface area contributed by atoms with E-state index in [0.717, 1.165) is 82.0 Å². The summed E-state index contributed by atoms with van der Waals surface area (Å²) in [5, 5.41) is 2.69. The molecular weight excluding hydrogens is 1380 g/mol. The Hall–Kier alpha value is -12.5. The fourth-order valence-corrected chi connectivity index (χ4v) is 9.94. The van der Waals surface area contributed by atoms with Crippen molar-refractivity contribution in [3.8, 4) is 68.6 Å². The summed E-state index contributed by atoms with van der Waals surface area (Å²) in [7, 11) is 4.94. The number of aryl methyl sites for hydroxylation is 9. The summed E-state index contributed by atoms with van der Waals surface area (Å²) in [4.78, 5) is 10.6. The van der Waals surface area contributed by atoms with E-state index in [1.807, 2.05) is 272 Å². The summed E-state index contributed by atoms with van der Waals surface area (Å²) in [6.45, 7) is 29.3. The first-order chi connectivity index (χ1) is 53.8. The molecule has 1 N–H and O–H groups in total. The Balaban J connectivity index is 0.000000224. The minimum atomic E-state index is -0.0335. The highest BCUT2D eigenvalue weighted by atomic mass is 16.5. The SMILES string of the molecule is CC(=O)Nc1ccc(C)cc1.CCOc1ccc(C)cc1.CCOc1ccc(C)cc1OC.CCOc1cccc(C)c1.COc1cc(C)cc(OC)c1.Cc1ccc(-c2ccccc2)cc1.Cc1ccc(OCc2ccccc2)cc1.Cc1ccc(Oc2ccccc2)cc1.Cc1cccc(OCc2ccccc2)c1. The molecule has 0 aliphatic heterocycles. The first-order valence-electron chi connectivity index (χ1n) is 37.4. The molecule has 0 heterocycles. The first-order valence-corrected chi connectivity index (χ1v) is 37.4. The Labute approximate surface area is 662 Å². The minimum Gasteiger partial charge on any atom is -0.497 e. The van der Waals surface area contributed by atoms with Gasteiger partial charge in [0, 0.05) is 18.7 Å². The van der Waals surface area contributed by atoms with E-state index in [1.54, 1.807) is 21.3 Å². The van der Waals surface area contributed by atoms with Gasteiger partial charge in [0.05, 0.1) is 41.2 Å². The van der Waals surface area contributed by atoms with E-state index in [-0.39, 0.29) is 5.91 Å². The predicted molar refractivity (Wildman–Crippen MR) is 462 cm³/mol. The summed E-state index contributed by atoms with van der Waals surface area (Å²) >= 11 is 0. The van der Waals surface area contributed by atoms with Crippen molar-refractivity contribution >= 4 is 11.6 Å². The Morgan fingerprint density at radius 1 is 0.261 bits per heavy atom. The fraction of sp³-hybridized carbons (Fsp3) is 0.210. The highest BCUT2D eigenvalue weighted by Crippen LogP contribution is 2.28. The zero-order valence-corrected chi connectivity index (χ0v) is 67.8. The Kier molecular flexibility index (Phi) is 42.2. The molecule has 0 radical (unpaired) electrons. The van der Waals surface area contributed by atoms with Gasteiger partial charge in [-0.25, -0.2) is 0 Å². The molecule has 13 rings (SSSR count). The molecule has 0 saturated carbocycles. The van der Waals surface area contributed by atoms with Crippen LogP contribution in [0, 0.1) is 62.3 Å². The number of ether oxygens (including phenoxy) is 9. The lowest BCUT2D eigenvalue weighted by atomic mass is 10.0. The fourth-order valence-electron chi connectivity index (χ4n) is 9.94. The van der Waals surface area contributed by atoms with Gasteiger partial charge in [-0.3, -0.25) is 4.79 Å². The molecule has 13 aromatic carbocycles.